The maximum absolute atomic E-state index is 12.6. The van der Waals surface area contributed by atoms with E-state index >= 15 is 0 Å². The summed E-state index contributed by atoms with van der Waals surface area (Å²) in [6.07, 6.45) is 1.53. The number of hydrogen-bond acceptors (Lipinski definition) is 4. The molecule has 0 aliphatic heterocycles. The normalized spacial score (nSPS) is 11.0. The number of aryl methyl sites for hydroxylation is 3. The van der Waals surface area contributed by atoms with E-state index in [9.17, 15) is 10.1 Å². The van der Waals surface area contributed by atoms with Gasteiger partial charge in [0.25, 0.3) is 5.91 Å². The van der Waals surface area contributed by atoms with Crippen molar-refractivity contribution in [3.05, 3.63) is 92.5 Å². The van der Waals surface area contributed by atoms with Crippen LogP contribution in [0.25, 0.3) is 6.08 Å². The fourth-order valence-electron chi connectivity index (χ4n) is 3.53. The first-order valence-corrected chi connectivity index (χ1v) is 11.7. The van der Waals surface area contributed by atoms with Gasteiger partial charge in [-0.1, -0.05) is 47.0 Å². The predicted molar refractivity (Wildman–Crippen MR) is 139 cm³/mol. The molecule has 0 aromatic heterocycles. The molecule has 0 atom stereocenters. The Kier molecular flexibility index (Phi) is 8.50. The van der Waals surface area contributed by atoms with Crippen molar-refractivity contribution in [2.75, 3.05) is 11.9 Å². The van der Waals surface area contributed by atoms with Crippen LogP contribution < -0.4 is 14.8 Å². The summed E-state index contributed by atoms with van der Waals surface area (Å²) in [5.74, 6) is 0.625. The summed E-state index contributed by atoms with van der Waals surface area (Å²) >= 11 is 3.56. The molecule has 1 N–H and O–H groups in total. The van der Waals surface area contributed by atoms with Crippen LogP contribution in [0.2, 0.25) is 0 Å². The largest absolute Gasteiger partial charge is 0.490 e. The van der Waals surface area contributed by atoms with Crippen molar-refractivity contribution >= 4 is 33.6 Å². The van der Waals surface area contributed by atoms with E-state index in [1.165, 1.54) is 17.2 Å². The lowest BCUT2D eigenvalue weighted by Gasteiger charge is -2.15. The third-order valence-corrected chi connectivity index (χ3v) is 5.57. The lowest BCUT2D eigenvalue weighted by molar-refractivity contribution is -0.112. The Bertz CT molecular complexity index is 1240. The number of rotatable bonds is 8. The minimum absolute atomic E-state index is 0.0150. The summed E-state index contributed by atoms with van der Waals surface area (Å²) < 4.78 is 12.6. The van der Waals surface area contributed by atoms with Gasteiger partial charge in [-0.15, -0.1) is 0 Å². The van der Waals surface area contributed by atoms with E-state index in [-0.39, 0.29) is 5.57 Å². The van der Waals surface area contributed by atoms with Gasteiger partial charge in [0, 0.05) is 5.69 Å². The summed E-state index contributed by atoms with van der Waals surface area (Å²) in [5, 5.41) is 12.3. The number of ether oxygens (including phenoxy) is 2. The molecule has 0 spiro atoms. The van der Waals surface area contributed by atoms with Crippen molar-refractivity contribution in [3.63, 3.8) is 0 Å². The zero-order valence-electron chi connectivity index (χ0n) is 19.7. The van der Waals surface area contributed by atoms with Gasteiger partial charge in [0.2, 0.25) is 0 Å². The third kappa shape index (κ3) is 6.72. The van der Waals surface area contributed by atoms with E-state index in [2.05, 4.69) is 53.3 Å². The van der Waals surface area contributed by atoms with Crippen LogP contribution in [0, 0.1) is 32.1 Å². The Labute approximate surface area is 209 Å². The number of amides is 1. The molecule has 6 heteroatoms. The maximum atomic E-state index is 12.6. The quantitative estimate of drug-likeness (QED) is 0.260. The highest BCUT2D eigenvalue weighted by molar-refractivity contribution is 9.10. The van der Waals surface area contributed by atoms with Crippen LogP contribution in [0.15, 0.2) is 64.6 Å². The number of nitrogens with zero attached hydrogens (tertiary/aromatic N) is 1. The Morgan fingerprint density at radius 2 is 1.68 bits per heavy atom. The molecule has 3 aromatic rings. The molecular weight excluding hydrogens is 492 g/mol. The second-order valence-electron chi connectivity index (χ2n) is 8.04. The molecule has 34 heavy (non-hydrogen) atoms. The lowest BCUT2D eigenvalue weighted by Crippen LogP contribution is -2.13. The topological polar surface area (TPSA) is 71.3 Å². The number of anilines is 1. The van der Waals surface area contributed by atoms with E-state index in [4.69, 9.17) is 9.47 Å². The molecule has 0 aliphatic rings. The fraction of sp³-hybridized carbons (Fsp3) is 0.214. The van der Waals surface area contributed by atoms with Gasteiger partial charge in [-0.25, -0.2) is 0 Å². The Morgan fingerprint density at radius 1 is 1.00 bits per heavy atom. The van der Waals surface area contributed by atoms with Crippen molar-refractivity contribution < 1.29 is 14.3 Å². The second kappa shape index (κ2) is 11.5. The van der Waals surface area contributed by atoms with Gasteiger partial charge in [0.15, 0.2) is 11.5 Å². The molecule has 3 rings (SSSR count). The molecule has 0 saturated carbocycles. The van der Waals surface area contributed by atoms with Gasteiger partial charge >= 0.3 is 0 Å². The number of benzene rings is 3. The highest BCUT2D eigenvalue weighted by Gasteiger charge is 2.15. The molecule has 5 nitrogen and oxygen atoms in total. The summed E-state index contributed by atoms with van der Waals surface area (Å²) in [4.78, 5) is 12.6. The van der Waals surface area contributed by atoms with Crippen LogP contribution in [0.5, 0.6) is 11.5 Å². The Morgan fingerprint density at radius 3 is 2.29 bits per heavy atom. The first-order chi connectivity index (χ1) is 16.3. The molecule has 0 heterocycles. The summed E-state index contributed by atoms with van der Waals surface area (Å²) in [5.41, 5.74) is 5.76. The van der Waals surface area contributed by atoms with Gasteiger partial charge in [-0.2, -0.15) is 5.26 Å². The third-order valence-electron chi connectivity index (χ3n) is 4.98. The van der Waals surface area contributed by atoms with E-state index in [1.54, 1.807) is 24.3 Å². The molecule has 174 valence electrons. The van der Waals surface area contributed by atoms with Crippen molar-refractivity contribution in [1.29, 1.82) is 5.26 Å². The smallest absolute Gasteiger partial charge is 0.266 e. The van der Waals surface area contributed by atoms with Crippen LogP contribution in [0.1, 0.15) is 34.7 Å². The van der Waals surface area contributed by atoms with E-state index in [1.807, 2.05) is 32.0 Å². The predicted octanol–water partition coefficient (Wildman–Crippen LogP) is 6.90. The number of nitriles is 1. The number of nitrogens with one attached hydrogen (secondary N) is 1. The van der Waals surface area contributed by atoms with E-state index in [0.29, 0.717) is 40.4 Å². The second-order valence-corrected chi connectivity index (χ2v) is 8.89. The highest BCUT2D eigenvalue weighted by Crippen LogP contribution is 2.38. The fourth-order valence-corrected chi connectivity index (χ4v) is 4.11. The molecule has 0 unspecified atom stereocenters. The van der Waals surface area contributed by atoms with Gasteiger partial charge in [-0.05, 0) is 85.1 Å². The SMILES string of the molecule is CCOc1cc(/C=C(\C#N)C(=O)Nc2ccc(C)cc2)cc(Br)c1OCc1cc(C)cc(C)c1. The summed E-state index contributed by atoms with van der Waals surface area (Å²) in [6.45, 7) is 8.80. The molecule has 0 radical (unpaired) electrons. The molecular formula is C28H27BrN2O3. The highest BCUT2D eigenvalue weighted by atomic mass is 79.9. The zero-order valence-corrected chi connectivity index (χ0v) is 21.3. The average molecular weight is 519 g/mol. The lowest BCUT2D eigenvalue weighted by atomic mass is 10.1. The van der Waals surface area contributed by atoms with E-state index in [0.717, 1.165) is 11.1 Å². The van der Waals surface area contributed by atoms with Gasteiger partial charge < -0.3 is 14.8 Å². The molecule has 0 aliphatic carbocycles. The molecule has 1 amide bonds. The maximum Gasteiger partial charge on any atom is 0.266 e. The van der Waals surface area contributed by atoms with Crippen LogP contribution >= 0.6 is 15.9 Å². The number of carbonyl (C=O) groups is 1. The standard InChI is InChI=1S/C28H27BrN2O3/c1-5-33-26-15-21(13-23(16-30)28(32)31-24-8-6-18(2)7-9-24)14-25(29)27(26)34-17-22-11-19(3)10-20(4)12-22/h6-15H,5,17H2,1-4H3,(H,31,32)/b23-13+. The minimum atomic E-state index is -0.476. The van der Waals surface area contributed by atoms with Crippen molar-refractivity contribution in [1.82, 2.24) is 0 Å². The van der Waals surface area contributed by atoms with E-state index < -0.39 is 5.91 Å². The van der Waals surface area contributed by atoms with Crippen molar-refractivity contribution in [3.8, 4) is 17.6 Å². The van der Waals surface area contributed by atoms with Crippen LogP contribution in [0.4, 0.5) is 5.69 Å². The molecule has 0 fully saturated rings. The van der Waals surface area contributed by atoms with Gasteiger partial charge in [0.1, 0.15) is 18.2 Å². The minimum Gasteiger partial charge on any atom is -0.490 e. The first-order valence-electron chi connectivity index (χ1n) is 10.9. The molecule has 3 aromatic carbocycles. The Hall–Kier alpha value is -3.56. The van der Waals surface area contributed by atoms with Gasteiger partial charge in [-0.3, -0.25) is 4.79 Å². The summed E-state index contributed by atoms with van der Waals surface area (Å²) in [6, 6.07) is 19.2. The molecule has 0 saturated heterocycles. The Balaban J connectivity index is 1.85. The van der Waals surface area contributed by atoms with Crippen molar-refractivity contribution in [2.45, 2.75) is 34.3 Å². The number of carbonyl (C=O) groups excluding carboxylic acids is 1. The number of hydrogen-bond donors (Lipinski definition) is 1. The zero-order chi connectivity index (χ0) is 24.7. The van der Waals surface area contributed by atoms with Crippen LogP contribution in [-0.4, -0.2) is 12.5 Å². The van der Waals surface area contributed by atoms with Crippen LogP contribution in [0.3, 0.4) is 0 Å². The van der Waals surface area contributed by atoms with Crippen LogP contribution in [-0.2, 0) is 11.4 Å². The molecule has 0 bridgehead atoms. The first kappa shape index (κ1) is 25.1. The average Bonchev–Trinajstić information content (AvgIpc) is 2.78. The monoisotopic (exact) mass is 518 g/mol. The van der Waals surface area contributed by atoms with Gasteiger partial charge in [0.05, 0.1) is 11.1 Å². The summed E-state index contributed by atoms with van der Waals surface area (Å²) in [7, 11) is 0. The van der Waals surface area contributed by atoms with Crippen molar-refractivity contribution in [2.24, 2.45) is 0 Å². The number of halogens is 1.